The lowest BCUT2D eigenvalue weighted by atomic mass is 9.83. The van der Waals surface area contributed by atoms with Crippen LogP contribution in [0.1, 0.15) is 11.1 Å². The molecule has 8 aromatic rings. The third-order valence-electron chi connectivity index (χ3n) is 8.75. The zero-order valence-corrected chi connectivity index (χ0v) is 24.8. The first-order valence-electron chi connectivity index (χ1n) is 15.2. The molecule has 0 aliphatic rings. The van der Waals surface area contributed by atoms with Crippen molar-refractivity contribution in [3.8, 4) is 39.3 Å². The second-order valence-electron chi connectivity index (χ2n) is 11.3. The molecule has 2 nitrogen and oxygen atoms in total. The van der Waals surface area contributed by atoms with Crippen LogP contribution in [-0.2, 0) is 0 Å². The predicted molar refractivity (Wildman–Crippen MR) is 193 cm³/mol. The van der Waals surface area contributed by atoms with Crippen molar-refractivity contribution in [2.24, 2.45) is 0 Å². The second-order valence-corrected chi connectivity index (χ2v) is 11.3. The molecule has 0 atom stereocenters. The average molecular weight is 575 g/mol. The van der Waals surface area contributed by atoms with Crippen LogP contribution >= 0.6 is 0 Å². The maximum Gasteiger partial charge on any atom is 0.145 e. The van der Waals surface area contributed by atoms with Gasteiger partial charge >= 0.3 is 0 Å². The molecule has 1 aromatic heterocycles. The lowest BCUT2D eigenvalue weighted by Crippen LogP contribution is -1.98. The van der Waals surface area contributed by atoms with Crippen LogP contribution in [0.2, 0.25) is 0 Å². The summed E-state index contributed by atoms with van der Waals surface area (Å²) in [5.41, 5.74) is 11.0. The number of rotatable bonds is 6. The molecule has 0 saturated heterocycles. The maximum absolute atomic E-state index is 5.07. The first-order chi connectivity index (χ1) is 22.2. The van der Waals surface area contributed by atoms with E-state index in [0.717, 1.165) is 50.4 Å². The summed E-state index contributed by atoms with van der Waals surface area (Å²) < 4.78 is 2.24. The zero-order chi connectivity index (χ0) is 30.3. The molecule has 0 amide bonds. The number of benzene rings is 7. The van der Waals surface area contributed by atoms with Gasteiger partial charge in [-0.25, -0.2) is 4.98 Å². The lowest BCUT2D eigenvalue weighted by molar-refractivity contribution is 1.10. The largest absolute Gasteiger partial charge is 0.292 e. The van der Waals surface area contributed by atoms with Gasteiger partial charge in [0.1, 0.15) is 5.82 Å². The Hall–Kier alpha value is -5.99. The van der Waals surface area contributed by atoms with E-state index in [0.29, 0.717) is 0 Å². The molecule has 212 valence electrons. The summed E-state index contributed by atoms with van der Waals surface area (Å²) in [5, 5.41) is 4.83. The number of fused-ring (bicyclic) bond motifs is 3. The first kappa shape index (κ1) is 26.6. The molecule has 0 aliphatic heterocycles. The van der Waals surface area contributed by atoms with Gasteiger partial charge in [0.2, 0.25) is 0 Å². The SMILES string of the molecule is C=Cc1c(C=C)c(-c2ccc3ccccc3c2)c2ccccc2c1-c1ccc(-c2nc3ccccc3n2-c2ccccc2)cc1. The van der Waals surface area contributed by atoms with Crippen LogP contribution < -0.4 is 0 Å². The topological polar surface area (TPSA) is 17.8 Å². The van der Waals surface area contributed by atoms with Crippen molar-refractivity contribution < 1.29 is 0 Å². The number of nitrogens with zero attached hydrogens (tertiary/aromatic N) is 2. The van der Waals surface area contributed by atoms with Gasteiger partial charge in [0.25, 0.3) is 0 Å². The Morgan fingerprint density at radius 1 is 0.489 bits per heavy atom. The fourth-order valence-corrected chi connectivity index (χ4v) is 6.71. The smallest absolute Gasteiger partial charge is 0.145 e. The van der Waals surface area contributed by atoms with Gasteiger partial charge in [-0.15, -0.1) is 0 Å². The highest BCUT2D eigenvalue weighted by atomic mass is 15.1. The molecule has 0 spiro atoms. The summed E-state index contributed by atoms with van der Waals surface area (Å²) in [6, 6.07) is 51.4. The van der Waals surface area contributed by atoms with Gasteiger partial charge in [0.15, 0.2) is 0 Å². The molecule has 0 saturated carbocycles. The summed E-state index contributed by atoms with van der Waals surface area (Å²) in [4.78, 5) is 5.07. The van der Waals surface area contributed by atoms with E-state index < -0.39 is 0 Å². The van der Waals surface area contributed by atoms with E-state index in [9.17, 15) is 0 Å². The number of hydrogen-bond acceptors (Lipinski definition) is 1. The number of imidazole rings is 1. The van der Waals surface area contributed by atoms with Crippen LogP contribution in [0.25, 0.3) is 84.1 Å². The highest BCUT2D eigenvalue weighted by Crippen LogP contribution is 2.44. The molecule has 8 rings (SSSR count). The number of hydrogen-bond donors (Lipinski definition) is 0. The Balaban J connectivity index is 1.32. The van der Waals surface area contributed by atoms with E-state index >= 15 is 0 Å². The van der Waals surface area contributed by atoms with E-state index in [1.807, 2.05) is 24.3 Å². The quantitative estimate of drug-likeness (QED) is 0.193. The van der Waals surface area contributed by atoms with Crippen LogP contribution in [0.4, 0.5) is 0 Å². The van der Waals surface area contributed by atoms with Crippen molar-refractivity contribution in [3.05, 3.63) is 170 Å². The molecule has 0 radical (unpaired) electrons. The standard InChI is InChI=1S/C43H30N2/c1-3-35-36(4-2)42(33-27-22-29-14-8-9-15-32(29)28-33)38-19-11-10-18-37(38)41(35)30-23-25-31(26-24-30)43-44-39-20-12-13-21-40(39)45(43)34-16-6-5-7-17-34/h3-28H,1-2H2. The number of aromatic nitrogens is 2. The molecule has 0 fully saturated rings. The van der Waals surface area contributed by atoms with Gasteiger partial charge < -0.3 is 0 Å². The van der Waals surface area contributed by atoms with E-state index in [2.05, 4.69) is 151 Å². The second kappa shape index (κ2) is 10.9. The van der Waals surface area contributed by atoms with Gasteiger partial charge in [-0.2, -0.15) is 0 Å². The Kier molecular flexibility index (Phi) is 6.47. The third kappa shape index (κ3) is 4.39. The van der Waals surface area contributed by atoms with Gasteiger partial charge in [-0.05, 0) is 85.3 Å². The zero-order valence-electron chi connectivity index (χ0n) is 24.8. The predicted octanol–water partition coefficient (Wildman–Crippen LogP) is 11.6. The van der Waals surface area contributed by atoms with E-state index in [4.69, 9.17) is 4.98 Å². The molecule has 0 unspecified atom stereocenters. The Morgan fingerprint density at radius 3 is 1.76 bits per heavy atom. The Bertz CT molecular complexity index is 2390. The van der Waals surface area contributed by atoms with Gasteiger partial charge in [0, 0.05) is 11.3 Å². The molecule has 45 heavy (non-hydrogen) atoms. The summed E-state index contributed by atoms with van der Waals surface area (Å²) in [6.07, 6.45) is 3.96. The van der Waals surface area contributed by atoms with E-state index in [-0.39, 0.29) is 0 Å². The van der Waals surface area contributed by atoms with Crippen LogP contribution in [0.3, 0.4) is 0 Å². The molecule has 0 N–H and O–H groups in total. The minimum atomic E-state index is 0.918. The van der Waals surface area contributed by atoms with E-state index in [1.165, 1.54) is 32.7 Å². The molecule has 0 aliphatic carbocycles. The Morgan fingerprint density at radius 2 is 1.04 bits per heavy atom. The van der Waals surface area contributed by atoms with Gasteiger partial charge in [-0.3, -0.25) is 4.57 Å². The third-order valence-corrected chi connectivity index (χ3v) is 8.75. The van der Waals surface area contributed by atoms with Crippen LogP contribution in [0.5, 0.6) is 0 Å². The minimum absolute atomic E-state index is 0.918. The highest BCUT2D eigenvalue weighted by Gasteiger charge is 2.20. The molecule has 1 heterocycles. The summed E-state index contributed by atoms with van der Waals surface area (Å²) in [7, 11) is 0. The molecular weight excluding hydrogens is 544 g/mol. The van der Waals surface area contributed by atoms with Gasteiger partial charge in [0.05, 0.1) is 11.0 Å². The number of para-hydroxylation sites is 3. The fraction of sp³-hybridized carbons (Fsp3) is 0. The summed E-state index contributed by atoms with van der Waals surface area (Å²) in [5.74, 6) is 0.918. The van der Waals surface area contributed by atoms with Crippen molar-refractivity contribution in [3.63, 3.8) is 0 Å². The van der Waals surface area contributed by atoms with Crippen molar-refractivity contribution in [2.45, 2.75) is 0 Å². The van der Waals surface area contributed by atoms with Crippen molar-refractivity contribution in [1.29, 1.82) is 0 Å². The Labute approximate surface area is 262 Å². The summed E-state index contributed by atoms with van der Waals surface area (Å²) in [6.45, 7) is 8.57. The maximum atomic E-state index is 5.07. The molecule has 2 heteroatoms. The van der Waals surface area contributed by atoms with Crippen LogP contribution in [-0.4, -0.2) is 9.55 Å². The van der Waals surface area contributed by atoms with Crippen LogP contribution in [0.15, 0.2) is 159 Å². The fourth-order valence-electron chi connectivity index (χ4n) is 6.71. The minimum Gasteiger partial charge on any atom is -0.292 e. The van der Waals surface area contributed by atoms with Crippen LogP contribution in [0, 0.1) is 0 Å². The van der Waals surface area contributed by atoms with Crippen molar-refractivity contribution in [2.75, 3.05) is 0 Å². The molecular formula is C43H30N2. The van der Waals surface area contributed by atoms with E-state index in [1.54, 1.807) is 0 Å². The highest BCUT2D eigenvalue weighted by molar-refractivity contribution is 6.12. The monoisotopic (exact) mass is 574 g/mol. The first-order valence-corrected chi connectivity index (χ1v) is 15.2. The molecule has 7 aromatic carbocycles. The molecule has 0 bridgehead atoms. The van der Waals surface area contributed by atoms with Crippen molar-refractivity contribution >= 4 is 44.7 Å². The average Bonchev–Trinajstić information content (AvgIpc) is 3.50. The lowest BCUT2D eigenvalue weighted by Gasteiger charge is -2.20. The van der Waals surface area contributed by atoms with Gasteiger partial charge in [-0.1, -0.05) is 141 Å². The summed E-state index contributed by atoms with van der Waals surface area (Å²) >= 11 is 0. The normalized spacial score (nSPS) is 11.3. The van der Waals surface area contributed by atoms with Crippen molar-refractivity contribution in [1.82, 2.24) is 9.55 Å².